The summed E-state index contributed by atoms with van der Waals surface area (Å²) in [4.78, 5) is 1.07. The molecule has 0 atom stereocenters. The van der Waals surface area contributed by atoms with E-state index >= 15 is 0 Å². The summed E-state index contributed by atoms with van der Waals surface area (Å²) in [6.45, 7) is 0. The van der Waals surface area contributed by atoms with Gasteiger partial charge in [0.1, 0.15) is 5.75 Å². The van der Waals surface area contributed by atoms with Crippen LogP contribution in [-0.4, -0.2) is 7.11 Å². The van der Waals surface area contributed by atoms with Gasteiger partial charge in [0.05, 0.1) is 17.6 Å². The number of hydrogen-bond donors (Lipinski definition) is 0. The molecule has 0 fully saturated rings. The normalized spacial score (nSPS) is 9.13. The summed E-state index contributed by atoms with van der Waals surface area (Å²) in [5, 5.41) is 2.02. The standard InChI is InChI=1S/C13H10OS/c1-14-13-7-3-2-5-11(13)8-9-12-6-4-10-15-12/h2-7,10H,1H3. The van der Waals surface area contributed by atoms with E-state index < -0.39 is 0 Å². The maximum atomic E-state index is 5.22. The van der Waals surface area contributed by atoms with Crippen LogP contribution in [0, 0.1) is 11.8 Å². The van der Waals surface area contributed by atoms with Crippen molar-refractivity contribution in [2.24, 2.45) is 0 Å². The molecule has 0 N–H and O–H groups in total. The van der Waals surface area contributed by atoms with Gasteiger partial charge in [0, 0.05) is 0 Å². The van der Waals surface area contributed by atoms with E-state index in [-0.39, 0.29) is 0 Å². The molecule has 1 aromatic heterocycles. The van der Waals surface area contributed by atoms with Crippen molar-refractivity contribution in [1.82, 2.24) is 0 Å². The van der Waals surface area contributed by atoms with E-state index in [4.69, 9.17) is 4.74 Å². The third-order valence-electron chi connectivity index (χ3n) is 1.95. The molecule has 15 heavy (non-hydrogen) atoms. The van der Waals surface area contributed by atoms with Gasteiger partial charge in [0.25, 0.3) is 0 Å². The molecule has 0 bridgehead atoms. The Labute approximate surface area is 93.3 Å². The van der Waals surface area contributed by atoms with Crippen molar-refractivity contribution in [3.8, 4) is 17.6 Å². The molecule has 0 spiro atoms. The zero-order chi connectivity index (χ0) is 10.5. The summed E-state index contributed by atoms with van der Waals surface area (Å²) in [6.07, 6.45) is 0. The molecular formula is C13H10OS. The summed E-state index contributed by atoms with van der Waals surface area (Å²) < 4.78 is 5.22. The molecule has 74 valence electrons. The minimum atomic E-state index is 0.821. The Morgan fingerprint density at radius 3 is 2.67 bits per heavy atom. The lowest BCUT2D eigenvalue weighted by Crippen LogP contribution is -1.86. The molecule has 1 heterocycles. The van der Waals surface area contributed by atoms with Crippen molar-refractivity contribution in [2.45, 2.75) is 0 Å². The van der Waals surface area contributed by atoms with Crippen LogP contribution in [0.25, 0.3) is 0 Å². The number of ether oxygens (including phenoxy) is 1. The highest BCUT2D eigenvalue weighted by atomic mass is 32.1. The Kier molecular flexibility index (Phi) is 3.06. The first-order valence-corrected chi connectivity index (χ1v) is 5.46. The number of hydrogen-bond acceptors (Lipinski definition) is 2. The second-order valence-electron chi connectivity index (χ2n) is 2.93. The van der Waals surface area contributed by atoms with Crippen LogP contribution in [0.15, 0.2) is 41.8 Å². The molecule has 0 amide bonds. The van der Waals surface area contributed by atoms with Crippen LogP contribution in [0.3, 0.4) is 0 Å². The van der Waals surface area contributed by atoms with Crippen molar-refractivity contribution in [3.05, 3.63) is 52.2 Å². The summed E-state index contributed by atoms with van der Waals surface area (Å²) in [7, 11) is 1.66. The highest BCUT2D eigenvalue weighted by Crippen LogP contribution is 2.16. The molecule has 2 heteroatoms. The number of para-hydroxylation sites is 1. The van der Waals surface area contributed by atoms with E-state index in [2.05, 4.69) is 11.8 Å². The van der Waals surface area contributed by atoms with Crippen LogP contribution >= 0.6 is 11.3 Å². The number of rotatable bonds is 1. The fourth-order valence-corrected chi connectivity index (χ4v) is 1.80. The first kappa shape index (κ1) is 9.82. The molecule has 1 aromatic carbocycles. The van der Waals surface area contributed by atoms with E-state index in [1.807, 2.05) is 41.8 Å². The Bertz CT molecular complexity index is 489. The summed E-state index contributed by atoms with van der Waals surface area (Å²) in [5.74, 6) is 7.03. The van der Waals surface area contributed by atoms with Gasteiger partial charge in [-0.3, -0.25) is 0 Å². The third-order valence-corrected chi connectivity index (χ3v) is 2.73. The number of methoxy groups -OCH3 is 1. The number of benzene rings is 1. The van der Waals surface area contributed by atoms with Gasteiger partial charge >= 0.3 is 0 Å². The summed E-state index contributed by atoms with van der Waals surface area (Å²) in [5.41, 5.74) is 0.924. The van der Waals surface area contributed by atoms with Gasteiger partial charge in [0.2, 0.25) is 0 Å². The van der Waals surface area contributed by atoms with Gasteiger partial charge in [-0.1, -0.05) is 30.0 Å². The van der Waals surface area contributed by atoms with Gasteiger partial charge in [-0.2, -0.15) is 0 Å². The minimum absolute atomic E-state index is 0.821. The van der Waals surface area contributed by atoms with Crippen molar-refractivity contribution in [2.75, 3.05) is 7.11 Å². The first-order chi connectivity index (χ1) is 7.40. The predicted octanol–water partition coefficient (Wildman–Crippen LogP) is 3.16. The highest BCUT2D eigenvalue weighted by Gasteiger charge is 1.96. The molecule has 0 radical (unpaired) electrons. The molecule has 1 nitrogen and oxygen atoms in total. The van der Waals surface area contributed by atoms with Crippen molar-refractivity contribution in [3.63, 3.8) is 0 Å². The van der Waals surface area contributed by atoms with E-state index in [1.165, 1.54) is 0 Å². The fraction of sp³-hybridized carbons (Fsp3) is 0.0769. The fourth-order valence-electron chi connectivity index (χ4n) is 1.23. The van der Waals surface area contributed by atoms with Crippen molar-refractivity contribution >= 4 is 11.3 Å². The van der Waals surface area contributed by atoms with Gasteiger partial charge in [-0.15, -0.1) is 11.3 Å². The van der Waals surface area contributed by atoms with Gasteiger partial charge in [-0.25, -0.2) is 0 Å². The van der Waals surface area contributed by atoms with Crippen molar-refractivity contribution in [1.29, 1.82) is 0 Å². The Hall–Kier alpha value is -1.72. The molecule has 0 saturated carbocycles. The van der Waals surface area contributed by atoms with Crippen LogP contribution in [-0.2, 0) is 0 Å². The first-order valence-electron chi connectivity index (χ1n) is 4.58. The molecule has 2 rings (SSSR count). The lowest BCUT2D eigenvalue weighted by Gasteiger charge is -2.00. The highest BCUT2D eigenvalue weighted by molar-refractivity contribution is 7.10. The Morgan fingerprint density at radius 2 is 1.93 bits per heavy atom. The topological polar surface area (TPSA) is 9.23 Å². The maximum absolute atomic E-state index is 5.22. The monoisotopic (exact) mass is 214 g/mol. The summed E-state index contributed by atoms with van der Waals surface area (Å²) in [6, 6.07) is 11.8. The van der Waals surface area contributed by atoms with E-state index in [9.17, 15) is 0 Å². The zero-order valence-corrected chi connectivity index (χ0v) is 9.17. The van der Waals surface area contributed by atoms with E-state index in [0.29, 0.717) is 0 Å². The maximum Gasteiger partial charge on any atom is 0.134 e. The largest absolute Gasteiger partial charge is 0.495 e. The van der Waals surface area contributed by atoms with Crippen molar-refractivity contribution < 1.29 is 4.74 Å². The molecule has 0 unspecified atom stereocenters. The second-order valence-corrected chi connectivity index (χ2v) is 3.88. The van der Waals surface area contributed by atoms with E-state index in [0.717, 1.165) is 16.2 Å². The Morgan fingerprint density at radius 1 is 1.07 bits per heavy atom. The van der Waals surface area contributed by atoms with Crippen LogP contribution in [0.4, 0.5) is 0 Å². The van der Waals surface area contributed by atoms with Crippen LogP contribution in [0.5, 0.6) is 5.75 Å². The van der Waals surface area contributed by atoms with Gasteiger partial charge < -0.3 is 4.74 Å². The van der Waals surface area contributed by atoms with Gasteiger partial charge in [0.15, 0.2) is 0 Å². The Balaban J connectivity index is 2.31. The molecule has 0 aliphatic carbocycles. The molecule has 0 aliphatic rings. The quantitative estimate of drug-likeness (QED) is 0.663. The smallest absolute Gasteiger partial charge is 0.134 e. The lowest BCUT2D eigenvalue weighted by atomic mass is 10.2. The number of thiophene rings is 1. The van der Waals surface area contributed by atoms with Crippen LogP contribution in [0.1, 0.15) is 10.4 Å². The average molecular weight is 214 g/mol. The lowest BCUT2D eigenvalue weighted by molar-refractivity contribution is 0.413. The molecular weight excluding hydrogens is 204 g/mol. The van der Waals surface area contributed by atoms with Gasteiger partial charge in [-0.05, 0) is 23.6 Å². The SMILES string of the molecule is COc1ccccc1C#Cc1cccs1. The van der Waals surface area contributed by atoms with E-state index in [1.54, 1.807) is 18.4 Å². The van der Waals surface area contributed by atoms with Crippen LogP contribution < -0.4 is 4.74 Å². The molecule has 0 aliphatic heterocycles. The minimum Gasteiger partial charge on any atom is -0.495 e. The summed E-state index contributed by atoms with van der Waals surface area (Å²) >= 11 is 1.64. The molecule has 0 saturated heterocycles. The van der Waals surface area contributed by atoms with Crippen LogP contribution in [0.2, 0.25) is 0 Å². The molecule has 2 aromatic rings. The predicted molar refractivity (Wildman–Crippen MR) is 63.3 cm³/mol. The zero-order valence-electron chi connectivity index (χ0n) is 8.36. The second kappa shape index (κ2) is 4.68. The third kappa shape index (κ3) is 2.39. The average Bonchev–Trinajstić information content (AvgIpc) is 2.79.